The predicted molar refractivity (Wildman–Crippen MR) is 86.7 cm³/mol. The summed E-state index contributed by atoms with van der Waals surface area (Å²) in [5, 5.41) is 5.32. The molecule has 0 heterocycles. The van der Waals surface area contributed by atoms with Gasteiger partial charge in [-0.3, -0.25) is 9.59 Å². The van der Waals surface area contributed by atoms with Crippen molar-refractivity contribution in [3.8, 4) is 5.75 Å². The monoisotopic (exact) mass is 307 g/mol. The van der Waals surface area contributed by atoms with Gasteiger partial charge in [0.1, 0.15) is 12.4 Å². The van der Waals surface area contributed by atoms with Gasteiger partial charge in [0.15, 0.2) is 0 Å². The second-order valence-electron chi connectivity index (χ2n) is 5.42. The summed E-state index contributed by atoms with van der Waals surface area (Å²) in [4.78, 5) is 23.3. The molecule has 0 radical (unpaired) electrons. The van der Waals surface area contributed by atoms with Gasteiger partial charge in [-0.1, -0.05) is 13.8 Å². The Morgan fingerprint density at radius 3 is 2.45 bits per heavy atom. The Kier molecular flexibility index (Phi) is 7.99. The maximum Gasteiger partial charge on any atom is 0.243 e. The number of nitrogens with two attached hydrogens (primary N) is 1. The van der Waals surface area contributed by atoms with Crippen molar-refractivity contribution in [2.24, 2.45) is 11.7 Å². The molecule has 0 aliphatic rings. The summed E-state index contributed by atoms with van der Waals surface area (Å²) in [6.07, 6.45) is 1.26. The summed E-state index contributed by atoms with van der Waals surface area (Å²) in [5.41, 5.74) is 6.01. The van der Waals surface area contributed by atoms with E-state index >= 15 is 0 Å². The van der Waals surface area contributed by atoms with Crippen LogP contribution < -0.4 is 21.1 Å². The van der Waals surface area contributed by atoms with Gasteiger partial charge in [-0.05, 0) is 36.6 Å². The van der Waals surface area contributed by atoms with Crippen molar-refractivity contribution in [1.29, 1.82) is 0 Å². The van der Waals surface area contributed by atoms with Gasteiger partial charge in [-0.25, -0.2) is 0 Å². The highest BCUT2D eigenvalue weighted by molar-refractivity contribution is 5.94. The maximum absolute atomic E-state index is 11.7. The Labute approximate surface area is 131 Å². The fraction of sp³-hybridized carbons (Fsp3) is 0.500. The number of rotatable bonds is 9. The van der Waals surface area contributed by atoms with E-state index in [2.05, 4.69) is 24.5 Å². The molecule has 4 N–H and O–H groups in total. The van der Waals surface area contributed by atoms with Crippen LogP contribution in [0.25, 0.3) is 0 Å². The average Bonchev–Trinajstić information content (AvgIpc) is 2.50. The van der Waals surface area contributed by atoms with Crippen molar-refractivity contribution in [2.45, 2.75) is 26.7 Å². The van der Waals surface area contributed by atoms with Crippen LogP contribution in [0.1, 0.15) is 26.7 Å². The first-order chi connectivity index (χ1) is 10.5. The van der Waals surface area contributed by atoms with Gasteiger partial charge in [-0.2, -0.15) is 0 Å². The second-order valence-corrected chi connectivity index (χ2v) is 5.42. The first-order valence-corrected chi connectivity index (χ1v) is 7.50. The molecule has 1 aromatic carbocycles. The fourth-order valence-corrected chi connectivity index (χ4v) is 1.70. The summed E-state index contributed by atoms with van der Waals surface area (Å²) in [6, 6.07) is 6.99. The molecular formula is C16H25N3O3. The van der Waals surface area contributed by atoms with E-state index in [1.54, 1.807) is 24.3 Å². The number of carbonyl (C=O) groups excluding carboxylic acids is 2. The van der Waals surface area contributed by atoms with Crippen LogP contribution in [0.4, 0.5) is 5.69 Å². The largest absolute Gasteiger partial charge is 0.492 e. The van der Waals surface area contributed by atoms with E-state index in [9.17, 15) is 9.59 Å². The molecule has 0 fully saturated rings. The lowest BCUT2D eigenvalue weighted by Crippen LogP contribution is -2.32. The standard InChI is InChI=1S/C16H25N3O3/c1-12(2)3-8-15(20)18-11-16(21)19-13-4-6-14(7-5-13)22-10-9-17/h4-7,12H,3,8-11,17H2,1-2H3,(H,18,20)(H,19,21). The first-order valence-electron chi connectivity index (χ1n) is 7.50. The van der Waals surface area contributed by atoms with Crippen molar-refractivity contribution >= 4 is 17.5 Å². The maximum atomic E-state index is 11.7. The molecule has 1 rings (SSSR count). The van der Waals surface area contributed by atoms with Crippen molar-refractivity contribution in [2.75, 3.05) is 25.0 Å². The third kappa shape index (κ3) is 7.64. The van der Waals surface area contributed by atoms with Crippen LogP contribution in [0, 0.1) is 5.92 Å². The lowest BCUT2D eigenvalue weighted by molar-refractivity contribution is -0.124. The van der Waals surface area contributed by atoms with Crippen molar-refractivity contribution in [1.82, 2.24) is 5.32 Å². The molecule has 122 valence electrons. The van der Waals surface area contributed by atoms with Gasteiger partial charge in [0.25, 0.3) is 0 Å². The van der Waals surface area contributed by atoms with E-state index < -0.39 is 0 Å². The minimum atomic E-state index is -0.256. The lowest BCUT2D eigenvalue weighted by Gasteiger charge is -2.09. The molecular weight excluding hydrogens is 282 g/mol. The van der Waals surface area contributed by atoms with Crippen molar-refractivity contribution < 1.29 is 14.3 Å². The number of anilines is 1. The van der Waals surface area contributed by atoms with E-state index in [-0.39, 0.29) is 18.4 Å². The van der Waals surface area contributed by atoms with Crippen LogP contribution in [0.15, 0.2) is 24.3 Å². The molecule has 0 spiro atoms. The van der Waals surface area contributed by atoms with Crippen LogP contribution in [0.5, 0.6) is 5.75 Å². The summed E-state index contributed by atoms with van der Waals surface area (Å²) < 4.78 is 5.35. The quantitative estimate of drug-likeness (QED) is 0.645. The fourth-order valence-electron chi connectivity index (χ4n) is 1.70. The number of benzene rings is 1. The van der Waals surface area contributed by atoms with Crippen LogP contribution >= 0.6 is 0 Å². The Morgan fingerprint density at radius 1 is 1.18 bits per heavy atom. The molecule has 0 saturated heterocycles. The van der Waals surface area contributed by atoms with E-state index in [1.165, 1.54) is 0 Å². The summed E-state index contributed by atoms with van der Waals surface area (Å²) in [6.45, 7) is 4.99. The molecule has 0 aliphatic heterocycles. The number of hydrogen-bond donors (Lipinski definition) is 3. The Bertz CT molecular complexity index is 472. The minimum Gasteiger partial charge on any atom is -0.492 e. The van der Waals surface area contributed by atoms with Gasteiger partial charge in [0, 0.05) is 18.7 Å². The summed E-state index contributed by atoms with van der Waals surface area (Å²) in [7, 11) is 0. The van der Waals surface area contributed by atoms with Crippen molar-refractivity contribution in [3.63, 3.8) is 0 Å². The SMILES string of the molecule is CC(C)CCC(=O)NCC(=O)Nc1ccc(OCCN)cc1. The number of hydrogen-bond acceptors (Lipinski definition) is 4. The van der Waals surface area contributed by atoms with Gasteiger partial charge in [-0.15, -0.1) is 0 Å². The zero-order chi connectivity index (χ0) is 16.4. The molecule has 0 aromatic heterocycles. The smallest absolute Gasteiger partial charge is 0.243 e. The molecule has 1 aromatic rings. The zero-order valence-corrected chi connectivity index (χ0v) is 13.2. The highest BCUT2D eigenvalue weighted by atomic mass is 16.5. The molecule has 0 aliphatic carbocycles. The van der Waals surface area contributed by atoms with Gasteiger partial charge >= 0.3 is 0 Å². The number of ether oxygens (including phenoxy) is 1. The minimum absolute atomic E-state index is 0.0254. The van der Waals surface area contributed by atoms with Gasteiger partial charge < -0.3 is 21.1 Å². The van der Waals surface area contributed by atoms with E-state index in [0.29, 0.717) is 36.9 Å². The van der Waals surface area contributed by atoms with Gasteiger partial charge in [0.05, 0.1) is 6.54 Å². The number of carbonyl (C=O) groups is 2. The molecule has 6 heteroatoms. The second kappa shape index (κ2) is 9.78. The van der Waals surface area contributed by atoms with Crippen LogP contribution in [-0.2, 0) is 9.59 Å². The van der Waals surface area contributed by atoms with Crippen LogP contribution in [-0.4, -0.2) is 31.5 Å². The highest BCUT2D eigenvalue weighted by Crippen LogP contribution is 2.15. The highest BCUT2D eigenvalue weighted by Gasteiger charge is 2.07. The predicted octanol–water partition coefficient (Wildman–Crippen LogP) is 1.51. The Morgan fingerprint density at radius 2 is 1.86 bits per heavy atom. The number of nitrogens with one attached hydrogen (secondary N) is 2. The molecule has 0 atom stereocenters. The topological polar surface area (TPSA) is 93.5 Å². The molecule has 0 saturated carbocycles. The van der Waals surface area contributed by atoms with E-state index in [0.717, 1.165) is 6.42 Å². The molecule has 2 amide bonds. The lowest BCUT2D eigenvalue weighted by atomic mass is 10.1. The summed E-state index contributed by atoms with van der Waals surface area (Å²) in [5.74, 6) is 0.813. The third-order valence-corrected chi connectivity index (χ3v) is 2.92. The normalized spacial score (nSPS) is 10.4. The zero-order valence-electron chi connectivity index (χ0n) is 13.2. The first kappa shape index (κ1) is 18.0. The molecule has 6 nitrogen and oxygen atoms in total. The number of amides is 2. The molecule has 0 bridgehead atoms. The van der Waals surface area contributed by atoms with Crippen LogP contribution in [0.2, 0.25) is 0 Å². The average molecular weight is 307 g/mol. The Hall–Kier alpha value is -2.08. The van der Waals surface area contributed by atoms with Crippen LogP contribution in [0.3, 0.4) is 0 Å². The third-order valence-electron chi connectivity index (χ3n) is 2.92. The molecule has 22 heavy (non-hydrogen) atoms. The van der Waals surface area contributed by atoms with Gasteiger partial charge in [0.2, 0.25) is 11.8 Å². The van der Waals surface area contributed by atoms with Crippen molar-refractivity contribution in [3.05, 3.63) is 24.3 Å². The Balaban J connectivity index is 2.31. The molecule has 0 unspecified atom stereocenters. The van der Waals surface area contributed by atoms with E-state index in [4.69, 9.17) is 10.5 Å². The van der Waals surface area contributed by atoms with E-state index in [1.807, 2.05) is 0 Å². The summed E-state index contributed by atoms with van der Waals surface area (Å²) >= 11 is 0.